The molecule has 1 aromatic heterocycles. The number of fused-ring (bicyclic) bond motifs is 1. The molecule has 2 heterocycles. The van der Waals surface area contributed by atoms with Gasteiger partial charge in [0.25, 0.3) is 0 Å². The van der Waals surface area contributed by atoms with Gasteiger partial charge in [0.15, 0.2) is 11.5 Å². The average molecular weight is 229 g/mol. The van der Waals surface area contributed by atoms with Crippen LogP contribution in [0.15, 0.2) is 30.7 Å². The number of nitrogens with two attached hydrogens (primary N) is 1. The molecular formula is C12H11N3O2. The van der Waals surface area contributed by atoms with E-state index >= 15 is 0 Å². The minimum absolute atomic E-state index is 0.455. The van der Waals surface area contributed by atoms with Crippen LogP contribution in [0.3, 0.4) is 0 Å². The van der Waals surface area contributed by atoms with Gasteiger partial charge in [-0.1, -0.05) is 6.07 Å². The summed E-state index contributed by atoms with van der Waals surface area (Å²) in [7, 11) is 0. The molecule has 0 amide bonds. The molecule has 5 heteroatoms. The molecule has 3 rings (SSSR count). The Bertz CT molecular complexity index is 557. The molecule has 0 atom stereocenters. The topological polar surface area (TPSA) is 70.3 Å². The van der Waals surface area contributed by atoms with Crippen LogP contribution in [0.2, 0.25) is 0 Å². The Hall–Kier alpha value is -2.30. The molecule has 0 spiro atoms. The standard InChI is InChI=1S/C12H11N3O2/c13-12-9(6-14-7-15-12)8-1-2-10-11(5-8)17-4-3-16-10/h1-2,5-7H,3-4H2,(H2,13,14,15). The molecule has 0 bridgehead atoms. The number of nitrogen functional groups attached to an aromatic ring is 1. The molecule has 0 saturated carbocycles. The number of anilines is 1. The number of ether oxygens (including phenoxy) is 2. The zero-order valence-electron chi connectivity index (χ0n) is 9.09. The highest BCUT2D eigenvalue weighted by Gasteiger charge is 2.13. The molecule has 2 N–H and O–H groups in total. The van der Waals surface area contributed by atoms with E-state index in [-0.39, 0.29) is 0 Å². The summed E-state index contributed by atoms with van der Waals surface area (Å²) >= 11 is 0. The minimum atomic E-state index is 0.455. The van der Waals surface area contributed by atoms with Crippen molar-refractivity contribution in [2.75, 3.05) is 18.9 Å². The zero-order chi connectivity index (χ0) is 11.7. The first-order chi connectivity index (χ1) is 8.34. The highest BCUT2D eigenvalue weighted by molar-refractivity contribution is 5.74. The van der Waals surface area contributed by atoms with Crippen molar-refractivity contribution in [2.24, 2.45) is 0 Å². The van der Waals surface area contributed by atoms with Crippen LogP contribution in [-0.4, -0.2) is 23.2 Å². The summed E-state index contributed by atoms with van der Waals surface area (Å²) in [5, 5.41) is 0. The molecule has 0 radical (unpaired) electrons. The van der Waals surface area contributed by atoms with E-state index in [0.29, 0.717) is 19.0 Å². The molecule has 0 unspecified atom stereocenters. The first-order valence-corrected chi connectivity index (χ1v) is 5.30. The van der Waals surface area contributed by atoms with Crippen LogP contribution >= 0.6 is 0 Å². The van der Waals surface area contributed by atoms with Crippen molar-refractivity contribution in [3.05, 3.63) is 30.7 Å². The third kappa shape index (κ3) is 1.75. The number of aromatic nitrogens is 2. The zero-order valence-corrected chi connectivity index (χ0v) is 9.09. The van der Waals surface area contributed by atoms with Gasteiger partial charge in [0.1, 0.15) is 25.4 Å². The van der Waals surface area contributed by atoms with Crippen molar-refractivity contribution in [1.82, 2.24) is 9.97 Å². The number of nitrogens with zero attached hydrogens (tertiary/aromatic N) is 2. The Morgan fingerprint density at radius 3 is 2.76 bits per heavy atom. The Kier molecular flexibility index (Phi) is 2.29. The quantitative estimate of drug-likeness (QED) is 0.802. The SMILES string of the molecule is Nc1ncncc1-c1ccc2c(c1)OCCO2. The predicted octanol–water partition coefficient (Wildman–Crippen LogP) is 1.50. The van der Waals surface area contributed by atoms with E-state index in [2.05, 4.69) is 9.97 Å². The second-order valence-corrected chi connectivity index (χ2v) is 3.68. The monoisotopic (exact) mass is 229 g/mol. The molecule has 0 fully saturated rings. The first kappa shape index (κ1) is 9.89. The van der Waals surface area contributed by atoms with E-state index in [9.17, 15) is 0 Å². The van der Waals surface area contributed by atoms with Gasteiger partial charge in [-0.3, -0.25) is 0 Å². The van der Waals surface area contributed by atoms with E-state index in [1.165, 1.54) is 6.33 Å². The lowest BCUT2D eigenvalue weighted by atomic mass is 10.1. The van der Waals surface area contributed by atoms with E-state index in [1.54, 1.807) is 6.20 Å². The van der Waals surface area contributed by atoms with E-state index in [1.807, 2.05) is 18.2 Å². The van der Waals surface area contributed by atoms with Crippen LogP contribution in [0.25, 0.3) is 11.1 Å². The summed E-state index contributed by atoms with van der Waals surface area (Å²) < 4.78 is 11.0. The van der Waals surface area contributed by atoms with Gasteiger partial charge in [0.2, 0.25) is 0 Å². The summed E-state index contributed by atoms with van der Waals surface area (Å²) in [5.41, 5.74) is 7.52. The highest BCUT2D eigenvalue weighted by atomic mass is 16.6. The van der Waals surface area contributed by atoms with Crippen LogP contribution in [0.4, 0.5) is 5.82 Å². The molecule has 0 aliphatic carbocycles. The van der Waals surface area contributed by atoms with Crippen LogP contribution < -0.4 is 15.2 Å². The summed E-state index contributed by atoms with van der Waals surface area (Å²) in [6.45, 7) is 1.15. The fraction of sp³-hybridized carbons (Fsp3) is 0.167. The third-order valence-electron chi connectivity index (χ3n) is 2.60. The lowest BCUT2D eigenvalue weighted by Crippen LogP contribution is -2.15. The molecule has 0 saturated heterocycles. The maximum Gasteiger partial charge on any atom is 0.161 e. The van der Waals surface area contributed by atoms with Crippen molar-refractivity contribution in [2.45, 2.75) is 0 Å². The average Bonchev–Trinajstić information content (AvgIpc) is 2.39. The number of rotatable bonds is 1. The second-order valence-electron chi connectivity index (χ2n) is 3.68. The van der Waals surface area contributed by atoms with Gasteiger partial charge in [-0.2, -0.15) is 0 Å². The van der Waals surface area contributed by atoms with Crippen molar-refractivity contribution in [3.63, 3.8) is 0 Å². The molecule has 2 aromatic rings. The Morgan fingerprint density at radius 1 is 1.12 bits per heavy atom. The molecule has 86 valence electrons. The molecule has 1 aromatic carbocycles. The van der Waals surface area contributed by atoms with Gasteiger partial charge in [0.05, 0.1) is 0 Å². The lowest BCUT2D eigenvalue weighted by molar-refractivity contribution is 0.171. The maximum atomic E-state index is 5.81. The summed E-state index contributed by atoms with van der Waals surface area (Å²) in [6.07, 6.45) is 3.12. The van der Waals surface area contributed by atoms with Crippen LogP contribution in [0.5, 0.6) is 11.5 Å². The fourth-order valence-corrected chi connectivity index (χ4v) is 1.77. The Balaban J connectivity index is 2.07. The normalized spacial score (nSPS) is 13.4. The van der Waals surface area contributed by atoms with Gasteiger partial charge in [-0.15, -0.1) is 0 Å². The van der Waals surface area contributed by atoms with Crippen molar-refractivity contribution in [3.8, 4) is 22.6 Å². The van der Waals surface area contributed by atoms with Crippen molar-refractivity contribution >= 4 is 5.82 Å². The largest absolute Gasteiger partial charge is 0.486 e. The Labute approximate surface area is 98.2 Å². The van der Waals surface area contributed by atoms with Gasteiger partial charge in [0, 0.05) is 11.8 Å². The van der Waals surface area contributed by atoms with Crippen LogP contribution in [0.1, 0.15) is 0 Å². The van der Waals surface area contributed by atoms with Crippen LogP contribution in [0, 0.1) is 0 Å². The summed E-state index contributed by atoms with van der Waals surface area (Å²) in [4.78, 5) is 7.93. The van der Waals surface area contributed by atoms with Gasteiger partial charge >= 0.3 is 0 Å². The number of benzene rings is 1. The molecular weight excluding hydrogens is 218 g/mol. The fourth-order valence-electron chi connectivity index (χ4n) is 1.77. The molecule has 1 aliphatic heterocycles. The molecule has 17 heavy (non-hydrogen) atoms. The molecule has 1 aliphatic rings. The van der Waals surface area contributed by atoms with E-state index in [4.69, 9.17) is 15.2 Å². The molecule has 5 nitrogen and oxygen atoms in total. The van der Waals surface area contributed by atoms with Gasteiger partial charge in [-0.05, 0) is 17.7 Å². The summed E-state index contributed by atoms with van der Waals surface area (Å²) in [5.74, 6) is 1.95. The van der Waals surface area contributed by atoms with Crippen LogP contribution in [-0.2, 0) is 0 Å². The minimum Gasteiger partial charge on any atom is -0.486 e. The smallest absolute Gasteiger partial charge is 0.161 e. The van der Waals surface area contributed by atoms with Crippen molar-refractivity contribution < 1.29 is 9.47 Å². The third-order valence-corrected chi connectivity index (χ3v) is 2.60. The predicted molar refractivity (Wildman–Crippen MR) is 62.9 cm³/mol. The lowest BCUT2D eigenvalue weighted by Gasteiger charge is -2.19. The van der Waals surface area contributed by atoms with E-state index in [0.717, 1.165) is 22.6 Å². The number of hydrogen-bond acceptors (Lipinski definition) is 5. The van der Waals surface area contributed by atoms with E-state index < -0.39 is 0 Å². The van der Waals surface area contributed by atoms with Gasteiger partial charge in [-0.25, -0.2) is 9.97 Å². The highest BCUT2D eigenvalue weighted by Crippen LogP contribution is 2.35. The maximum absolute atomic E-state index is 5.81. The Morgan fingerprint density at radius 2 is 1.94 bits per heavy atom. The number of hydrogen-bond donors (Lipinski definition) is 1. The summed E-state index contributed by atoms with van der Waals surface area (Å²) in [6, 6.07) is 5.68. The first-order valence-electron chi connectivity index (χ1n) is 5.30. The van der Waals surface area contributed by atoms with Crippen molar-refractivity contribution in [1.29, 1.82) is 0 Å². The van der Waals surface area contributed by atoms with Gasteiger partial charge < -0.3 is 15.2 Å². The second kappa shape index (κ2) is 3.93.